The van der Waals surface area contributed by atoms with E-state index in [9.17, 15) is 22.8 Å². The summed E-state index contributed by atoms with van der Waals surface area (Å²) >= 11 is 1.38. The molecule has 1 aliphatic rings. The maximum Gasteiger partial charge on any atom is 0.416 e. The van der Waals surface area contributed by atoms with Crippen LogP contribution in [-0.2, 0) is 11.0 Å². The number of nitrogens with one attached hydrogen (secondary N) is 1. The Labute approximate surface area is 232 Å². The number of rotatable bonds is 5. The van der Waals surface area contributed by atoms with Crippen LogP contribution in [0.3, 0.4) is 0 Å². The lowest BCUT2D eigenvalue weighted by atomic mass is 10.0. The molecule has 1 aromatic heterocycles. The van der Waals surface area contributed by atoms with Gasteiger partial charge >= 0.3 is 12.2 Å². The molecule has 40 heavy (non-hydrogen) atoms. The molecular formula is C29H25F3N4O3S. The fourth-order valence-corrected chi connectivity index (χ4v) is 5.28. The molecule has 1 N–H and O–H groups in total. The molecule has 0 atom stereocenters. The zero-order chi connectivity index (χ0) is 28.3. The lowest BCUT2D eigenvalue weighted by molar-refractivity contribution is -0.137. The van der Waals surface area contributed by atoms with E-state index in [1.807, 2.05) is 42.5 Å². The molecule has 2 heterocycles. The van der Waals surface area contributed by atoms with Crippen LogP contribution < -0.4 is 10.1 Å². The fraction of sp³-hybridized carbons (Fsp3) is 0.207. The Bertz CT molecular complexity index is 1560. The number of carbonyl (C=O) groups is 2. The summed E-state index contributed by atoms with van der Waals surface area (Å²) in [5.74, 6) is 0.504. The number of nitrogens with zero attached hydrogens (tertiary/aromatic N) is 3. The molecule has 7 nitrogen and oxygen atoms in total. The summed E-state index contributed by atoms with van der Waals surface area (Å²) < 4.78 is 44.5. The molecule has 4 aromatic rings. The second kappa shape index (κ2) is 11.4. The van der Waals surface area contributed by atoms with Crippen LogP contribution in [0.1, 0.15) is 11.1 Å². The maximum absolute atomic E-state index is 12.9. The van der Waals surface area contributed by atoms with Crippen LogP contribution >= 0.6 is 11.3 Å². The molecule has 0 spiro atoms. The highest BCUT2D eigenvalue weighted by molar-refractivity contribution is 7.22. The number of piperazine rings is 1. The zero-order valence-corrected chi connectivity index (χ0v) is 22.3. The quantitative estimate of drug-likeness (QED) is 0.285. The molecular weight excluding hydrogens is 541 g/mol. The number of hydrogen-bond acceptors (Lipinski definition) is 5. The number of amides is 3. The van der Waals surface area contributed by atoms with Crippen LogP contribution in [-0.4, -0.2) is 60.0 Å². The minimum Gasteiger partial charge on any atom is -0.496 e. The van der Waals surface area contributed by atoms with Crippen molar-refractivity contribution in [2.75, 3.05) is 38.6 Å². The molecule has 1 aliphatic heterocycles. The van der Waals surface area contributed by atoms with Gasteiger partial charge in [-0.2, -0.15) is 13.2 Å². The van der Waals surface area contributed by atoms with Gasteiger partial charge in [0.2, 0.25) is 5.91 Å². The molecule has 0 radical (unpaired) electrons. The number of methoxy groups -OCH3 is 1. The van der Waals surface area contributed by atoms with Crippen LogP contribution in [0.15, 0.2) is 72.8 Å². The van der Waals surface area contributed by atoms with Crippen molar-refractivity contribution in [3.05, 3.63) is 83.9 Å². The van der Waals surface area contributed by atoms with Crippen molar-refractivity contribution in [2.24, 2.45) is 0 Å². The molecule has 0 unspecified atom stereocenters. The number of anilines is 1. The number of para-hydroxylation sites is 1. The Kier molecular flexibility index (Phi) is 7.74. The van der Waals surface area contributed by atoms with E-state index in [0.717, 1.165) is 39.2 Å². The Hall–Kier alpha value is -4.38. The minimum atomic E-state index is -4.41. The molecule has 1 fully saturated rings. The van der Waals surface area contributed by atoms with E-state index < -0.39 is 11.7 Å². The number of benzene rings is 3. The topological polar surface area (TPSA) is 74.8 Å². The number of thiazole rings is 1. The summed E-state index contributed by atoms with van der Waals surface area (Å²) in [6.45, 7) is 1.36. The number of aromatic nitrogens is 1. The van der Waals surface area contributed by atoms with E-state index in [2.05, 4.69) is 10.3 Å². The molecule has 5 rings (SSSR count). The van der Waals surface area contributed by atoms with Gasteiger partial charge in [-0.15, -0.1) is 0 Å². The largest absolute Gasteiger partial charge is 0.496 e. The third kappa shape index (κ3) is 6.09. The zero-order valence-electron chi connectivity index (χ0n) is 21.4. The number of alkyl halides is 3. The molecule has 0 bridgehead atoms. The van der Waals surface area contributed by atoms with Gasteiger partial charge in [-0.05, 0) is 47.5 Å². The molecule has 206 valence electrons. The summed E-state index contributed by atoms with van der Waals surface area (Å²) in [5, 5.41) is 3.34. The number of carbonyl (C=O) groups excluding carboxylic acids is 2. The number of fused-ring (bicyclic) bond motifs is 1. The van der Waals surface area contributed by atoms with Crippen molar-refractivity contribution < 1.29 is 27.5 Å². The van der Waals surface area contributed by atoms with Crippen molar-refractivity contribution in [2.45, 2.75) is 6.18 Å². The normalized spacial score (nSPS) is 14.1. The van der Waals surface area contributed by atoms with Crippen LogP contribution in [0.5, 0.6) is 5.75 Å². The first-order valence-electron chi connectivity index (χ1n) is 12.5. The Morgan fingerprint density at radius 2 is 1.68 bits per heavy atom. The van der Waals surface area contributed by atoms with Crippen LogP contribution in [0, 0.1) is 0 Å². The number of ether oxygens (including phenoxy) is 1. The van der Waals surface area contributed by atoms with Crippen LogP contribution in [0.2, 0.25) is 0 Å². The summed E-state index contributed by atoms with van der Waals surface area (Å²) in [6.07, 6.45) is -1.59. The summed E-state index contributed by atoms with van der Waals surface area (Å²) in [7, 11) is 1.63. The van der Waals surface area contributed by atoms with Gasteiger partial charge in [-0.25, -0.2) is 9.78 Å². The predicted molar refractivity (Wildman–Crippen MR) is 149 cm³/mol. The van der Waals surface area contributed by atoms with Gasteiger partial charge in [0.05, 0.1) is 22.9 Å². The maximum atomic E-state index is 12.9. The summed E-state index contributed by atoms with van der Waals surface area (Å²) in [6, 6.07) is 17.9. The predicted octanol–water partition coefficient (Wildman–Crippen LogP) is 6.38. The van der Waals surface area contributed by atoms with Crippen LogP contribution in [0.4, 0.5) is 23.1 Å². The highest BCUT2D eigenvalue weighted by atomic mass is 32.1. The first-order valence-corrected chi connectivity index (χ1v) is 13.3. The van der Waals surface area contributed by atoms with E-state index in [0.29, 0.717) is 36.9 Å². The smallest absolute Gasteiger partial charge is 0.416 e. The third-order valence-electron chi connectivity index (χ3n) is 6.56. The van der Waals surface area contributed by atoms with E-state index in [-0.39, 0.29) is 11.9 Å². The second-order valence-electron chi connectivity index (χ2n) is 9.10. The SMILES string of the molecule is COc1ccccc1-c1ccc2nc(NC(=O)N3CCN(C(=O)/C=C/c4ccc(C(F)(F)F)cc4)CC3)sc2c1. The lowest BCUT2D eigenvalue weighted by Crippen LogP contribution is -2.51. The van der Waals surface area contributed by atoms with Crippen molar-refractivity contribution in [3.63, 3.8) is 0 Å². The van der Waals surface area contributed by atoms with Crippen molar-refractivity contribution in [3.8, 4) is 16.9 Å². The fourth-order valence-electron chi connectivity index (χ4n) is 4.39. The first-order chi connectivity index (χ1) is 19.2. The van der Waals surface area contributed by atoms with E-state index >= 15 is 0 Å². The average molecular weight is 567 g/mol. The van der Waals surface area contributed by atoms with Crippen LogP contribution in [0.25, 0.3) is 27.4 Å². The average Bonchev–Trinajstić information content (AvgIpc) is 3.37. The van der Waals surface area contributed by atoms with Gasteiger partial charge < -0.3 is 14.5 Å². The van der Waals surface area contributed by atoms with Crippen molar-refractivity contribution >= 4 is 44.7 Å². The highest BCUT2D eigenvalue weighted by Gasteiger charge is 2.30. The van der Waals surface area contributed by atoms with E-state index in [1.54, 1.807) is 16.9 Å². The molecule has 3 amide bonds. The van der Waals surface area contributed by atoms with Gasteiger partial charge in [0.15, 0.2) is 5.13 Å². The number of halogens is 3. The van der Waals surface area contributed by atoms with E-state index in [1.165, 1.54) is 35.6 Å². The first kappa shape index (κ1) is 27.2. The highest BCUT2D eigenvalue weighted by Crippen LogP contribution is 2.34. The second-order valence-corrected chi connectivity index (χ2v) is 10.1. The Morgan fingerprint density at radius 1 is 0.975 bits per heavy atom. The monoisotopic (exact) mass is 566 g/mol. The third-order valence-corrected chi connectivity index (χ3v) is 7.49. The molecule has 0 aliphatic carbocycles. The molecule has 3 aromatic carbocycles. The van der Waals surface area contributed by atoms with Gasteiger partial charge in [-0.1, -0.05) is 47.7 Å². The minimum absolute atomic E-state index is 0.267. The summed E-state index contributed by atoms with van der Waals surface area (Å²) in [4.78, 5) is 33.2. The van der Waals surface area contributed by atoms with Crippen molar-refractivity contribution in [1.82, 2.24) is 14.8 Å². The van der Waals surface area contributed by atoms with Gasteiger partial charge in [0.25, 0.3) is 0 Å². The molecule has 1 saturated heterocycles. The van der Waals surface area contributed by atoms with E-state index in [4.69, 9.17) is 4.74 Å². The van der Waals surface area contributed by atoms with Crippen molar-refractivity contribution in [1.29, 1.82) is 0 Å². The molecule has 0 saturated carbocycles. The standard InChI is InChI=1S/C29H25F3N4O3S/c1-39-24-5-3-2-4-22(24)20-9-12-23-25(18-20)40-27(33-23)34-28(38)36-16-14-35(15-17-36)26(37)13-8-19-6-10-21(11-7-19)29(30,31)32/h2-13,18H,14-17H2,1H3,(H,33,34,38)/b13-8+. The lowest BCUT2D eigenvalue weighted by Gasteiger charge is -2.34. The number of urea groups is 1. The number of hydrogen-bond donors (Lipinski definition) is 1. The molecule has 11 heteroatoms. The Morgan fingerprint density at radius 3 is 2.38 bits per heavy atom. The summed E-state index contributed by atoms with van der Waals surface area (Å²) in [5.41, 5.74) is 2.47. The van der Waals surface area contributed by atoms with Gasteiger partial charge in [0, 0.05) is 37.8 Å². The van der Waals surface area contributed by atoms with Gasteiger partial charge in [-0.3, -0.25) is 10.1 Å². The Balaban J connectivity index is 1.16. The van der Waals surface area contributed by atoms with Gasteiger partial charge in [0.1, 0.15) is 5.75 Å².